The standard InChI is InChI=1S/C56H94N16O17S/c1-27(2)16-35(65-46(78)31(9)63-54(86)45(30(7)8)71-52(84)37(18-29(5)6)66-47(79)33(57)19-32-21-59-26-62-32)49(81)67-38(20-42(58)75)51(83)70-40(25-74)55(87)72-14-11-12-41(72)53(85)68-36(17-28(3)4)50(82)69-39(24-73)48(80)61-22-43(76)60-23-44(77)64-34(56(88)89)13-15-90-10/h21,26-31,33-41,45,73-74H,11-20,22-25,57H2,1-10H3,(H2,58,75)(H,59,62)(H,60,76)(H,61,80)(H,63,86)(H,64,77)(H,65,78)(H,66,79)(H,67,81)(H,68,85)(H,69,82)(H,70,83)(H,71,84)(H,88,89)/t31-,33-,34-,35-,36-,37-,38-,39-,40-,41-,45-/m0/s1. The first-order valence-corrected chi connectivity index (χ1v) is 31.1. The lowest BCUT2D eigenvalue weighted by Gasteiger charge is -2.30. The summed E-state index contributed by atoms with van der Waals surface area (Å²) < 4.78 is 0. The minimum Gasteiger partial charge on any atom is -0.480 e. The third kappa shape index (κ3) is 27.4. The van der Waals surface area contributed by atoms with Gasteiger partial charge in [-0.3, -0.25) is 62.3 Å². The fourth-order valence-corrected chi connectivity index (χ4v) is 9.68. The molecule has 13 amide bonds. The molecule has 0 saturated carbocycles. The van der Waals surface area contributed by atoms with Gasteiger partial charge < -0.3 is 95.2 Å². The second kappa shape index (κ2) is 39.2. The number of H-pyrrole nitrogens is 1. The van der Waals surface area contributed by atoms with Crippen LogP contribution in [0.1, 0.15) is 113 Å². The smallest absolute Gasteiger partial charge is 0.326 e. The lowest BCUT2D eigenvalue weighted by atomic mass is 9.99. The number of rotatable bonds is 40. The molecule has 90 heavy (non-hydrogen) atoms. The molecule has 0 spiro atoms. The summed E-state index contributed by atoms with van der Waals surface area (Å²) >= 11 is 1.37. The number of nitrogens with zero attached hydrogens (tertiary/aromatic N) is 2. The quantitative estimate of drug-likeness (QED) is 0.0291. The summed E-state index contributed by atoms with van der Waals surface area (Å²) in [5.74, 6) is -13.6. The van der Waals surface area contributed by atoms with Gasteiger partial charge in [-0.05, 0) is 81.1 Å². The fourth-order valence-electron chi connectivity index (χ4n) is 9.21. The summed E-state index contributed by atoms with van der Waals surface area (Å²) in [5.41, 5.74) is 12.1. The highest BCUT2D eigenvalue weighted by atomic mass is 32.2. The van der Waals surface area contributed by atoms with Crippen LogP contribution in [0.3, 0.4) is 0 Å². The van der Waals surface area contributed by atoms with E-state index in [2.05, 4.69) is 68.5 Å². The first-order valence-electron chi connectivity index (χ1n) is 29.8. The Balaban J connectivity index is 2.16. The molecule has 0 bridgehead atoms. The maximum atomic E-state index is 14.1. The van der Waals surface area contributed by atoms with E-state index in [0.29, 0.717) is 11.4 Å². The number of primary amides is 1. The van der Waals surface area contributed by atoms with Gasteiger partial charge in [0.1, 0.15) is 60.4 Å². The van der Waals surface area contributed by atoms with Crippen molar-refractivity contribution in [2.75, 3.05) is 44.9 Å². The molecule has 0 aliphatic carbocycles. The highest BCUT2D eigenvalue weighted by molar-refractivity contribution is 7.98. The van der Waals surface area contributed by atoms with Gasteiger partial charge in [0, 0.05) is 19.2 Å². The van der Waals surface area contributed by atoms with E-state index in [-0.39, 0.29) is 69.2 Å². The van der Waals surface area contributed by atoms with Gasteiger partial charge in [-0.1, -0.05) is 55.4 Å². The number of likely N-dealkylation sites (tertiary alicyclic amines) is 1. The number of thioether (sulfide) groups is 1. The Hall–Kier alpha value is -7.98. The third-order valence-corrected chi connectivity index (χ3v) is 14.6. The molecule has 2 rings (SSSR count). The number of carbonyl (C=O) groups is 14. The van der Waals surface area contributed by atoms with Crippen molar-refractivity contribution >= 4 is 94.5 Å². The molecule has 11 atom stereocenters. The molecule has 0 radical (unpaired) electrons. The monoisotopic (exact) mass is 1290 g/mol. The lowest BCUT2D eigenvalue weighted by Crippen LogP contribution is -2.61. The van der Waals surface area contributed by atoms with Crippen molar-refractivity contribution in [3.05, 3.63) is 18.2 Å². The van der Waals surface area contributed by atoms with E-state index in [4.69, 9.17) is 11.5 Å². The zero-order valence-corrected chi connectivity index (χ0v) is 53.5. The van der Waals surface area contributed by atoms with Gasteiger partial charge in [-0.25, -0.2) is 9.78 Å². The number of carbonyl (C=O) groups excluding carboxylic acids is 13. The summed E-state index contributed by atoms with van der Waals surface area (Å²) in [6.07, 6.45) is 4.59. The Morgan fingerprint density at radius 2 is 1.12 bits per heavy atom. The van der Waals surface area contributed by atoms with E-state index >= 15 is 0 Å². The Kier molecular flexibility index (Phi) is 34.0. The maximum absolute atomic E-state index is 14.1. The first-order chi connectivity index (χ1) is 42.2. The average Bonchev–Trinajstić information content (AvgIpc) is 3.98. The van der Waals surface area contributed by atoms with Crippen molar-refractivity contribution in [3.63, 3.8) is 0 Å². The fraction of sp³-hybridized carbons (Fsp3) is 0.696. The normalized spacial score (nSPS) is 16.3. The highest BCUT2D eigenvalue weighted by Gasteiger charge is 2.41. The number of aliphatic carboxylic acids is 1. The molecule has 2 heterocycles. The van der Waals surface area contributed by atoms with E-state index in [0.717, 1.165) is 4.90 Å². The van der Waals surface area contributed by atoms with Crippen molar-refractivity contribution in [3.8, 4) is 0 Å². The van der Waals surface area contributed by atoms with Crippen LogP contribution in [-0.4, -0.2) is 224 Å². The molecule has 506 valence electrons. The summed E-state index contributed by atoms with van der Waals surface area (Å²) in [5, 5.41) is 56.5. The second-order valence-electron chi connectivity index (χ2n) is 23.5. The predicted octanol–water partition coefficient (Wildman–Crippen LogP) is -5.62. The van der Waals surface area contributed by atoms with Crippen LogP contribution in [0.25, 0.3) is 0 Å². The minimum absolute atomic E-state index is 0.0168. The Morgan fingerprint density at radius 1 is 0.611 bits per heavy atom. The molecule has 34 heteroatoms. The number of hydrogen-bond acceptors (Lipinski definition) is 19. The Morgan fingerprint density at radius 3 is 1.63 bits per heavy atom. The number of aliphatic hydroxyl groups is 2. The zero-order valence-electron chi connectivity index (χ0n) is 52.7. The van der Waals surface area contributed by atoms with Crippen LogP contribution in [0.15, 0.2) is 12.5 Å². The molecule has 0 unspecified atom stereocenters. The zero-order chi connectivity index (χ0) is 68.1. The molecule has 1 aromatic heterocycles. The van der Waals surface area contributed by atoms with Gasteiger partial charge in [0.2, 0.25) is 76.8 Å². The molecule has 1 aliphatic rings. The van der Waals surface area contributed by atoms with E-state index in [1.807, 2.05) is 13.8 Å². The van der Waals surface area contributed by atoms with Crippen LogP contribution < -0.4 is 70.0 Å². The van der Waals surface area contributed by atoms with Crippen LogP contribution in [0.5, 0.6) is 0 Å². The topological polar surface area (TPSA) is 516 Å². The van der Waals surface area contributed by atoms with Gasteiger partial charge in [0.05, 0.1) is 50.8 Å². The van der Waals surface area contributed by atoms with Crippen molar-refractivity contribution in [2.24, 2.45) is 35.1 Å². The number of aliphatic hydroxyl groups excluding tert-OH is 2. The van der Waals surface area contributed by atoms with Crippen LogP contribution in [0.4, 0.5) is 0 Å². The van der Waals surface area contributed by atoms with Gasteiger partial charge in [-0.2, -0.15) is 11.8 Å². The largest absolute Gasteiger partial charge is 0.480 e. The van der Waals surface area contributed by atoms with E-state index in [1.165, 1.54) is 25.0 Å². The maximum Gasteiger partial charge on any atom is 0.326 e. The number of nitrogens with one attached hydrogen (secondary N) is 12. The van der Waals surface area contributed by atoms with Crippen LogP contribution in [-0.2, 0) is 73.5 Å². The molecule has 1 aliphatic heterocycles. The highest BCUT2D eigenvalue weighted by Crippen LogP contribution is 2.20. The third-order valence-electron chi connectivity index (χ3n) is 13.9. The molecule has 1 fully saturated rings. The first kappa shape index (κ1) is 78.1. The van der Waals surface area contributed by atoms with Gasteiger partial charge in [-0.15, -0.1) is 0 Å². The Bertz CT molecular complexity index is 2630. The average molecular weight is 1300 g/mol. The number of imidazole rings is 1. The number of aromatic nitrogens is 2. The van der Waals surface area contributed by atoms with Crippen molar-refractivity contribution in [2.45, 2.75) is 180 Å². The van der Waals surface area contributed by atoms with Crippen molar-refractivity contribution < 1.29 is 82.4 Å². The van der Waals surface area contributed by atoms with Gasteiger partial charge in [0.15, 0.2) is 0 Å². The van der Waals surface area contributed by atoms with Crippen LogP contribution >= 0.6 is 11.8 Å². The molecule has 1 aromatic rings. The number of carboxylic acid groups (broad SMARTS) is 1. The second-order valence-corrected chi connectivity index (χ2v) is 24.5. The van der Waals surface area contributed by atoms with Gasteiger partial charge in [0.25, 0.3) is 0 Å². The molecule has 0 aromatic carbocycles. The number of nitrogens with two attached hydrogens (primary N) is 2. The molecule has 1 saturated heterocycles. The SMILES string of the molecule is CSCC[C@H](NC(=O)CNC(=O)CNC(=O)[C@H](CO)NC(=O)[C@H](CC(C)C)NC(=O)[C@@H]1CCCN1C(=O)[C@H](CO)NC(=O)[C@H](CC(N)=O)NC(=O)[C@H](CC(C)C)NC(=O)[C@H](C)NC(=O)[C@@H](NC(=O)[C@H](CC(C)C)NC(=O)[C@@H](N)Cc1c[nH]cn1)C(C)C)C(=O)O. The lowest BCUT2D eigenvalue weighted by molar-refractivity contribution is -0.143. The van der Waals surface area contributed by atoms with Crippen molar-refractivity contribution in [1.29, 1.82) is 0 Å². The number of aromatic amines is 1. The van der Waals surface area contributed by atoms with E-state index in [1.54, 1.807) is 54.0 Å². The number of amides is 13. The molecular weight excluding hydrogens is 1200 g/mol. The van der Waals surface area contributed by atoms with Gasteiger partial charge >= 0.3 is 5.97 Å². The van der Waals surface area contributed by atoms with Crippen molar-refractivity contribution in [1.82, 2.24) is 73.4 Å². The minimum atomic E-state index is -1.80. The molecule has 19 N–H and O–H groups in total. The molecular formula is C56H94N16O17S. The summed E-state index contributed by atoms with van der Waals surface area (Å²) in [7, 11) is 0. The van der Waals surface area contributed by atoms with E-state index < -0.39 is 188 Å². The van der Waals surface area contributed by atoms with E-state index in [9.17, 15) is 82.4 Å². The van der Waals surface area contributed by atoms with Crippen LogP contribution in [0, 0.1) is 23.7 Å². The number of carboxylic acids is 1. The summed E-state index contributed by atoms with van der Waals surface area (Å²) in [4.78, 5) is 193. The Labute approximate surface area is 526 Å². The number of hydrogen-bond donors (Lipinski definition) is 17. The van der Waals surface area contributed by atoms with Crippen LogP contribution in [0.2, 0.25) is 0 Å². The summed E-state index contributed by atoms with van der Waals surface area (Å²) in [6, 6.07) is -15.1. The summed E-state index contributed by atoms with van der Waals surface area (Å²) in [6.45, 7) is 11.8. The molecule has 33 nitrogen and oxygen atoms in total. The predicted molar refractivity (Wildman–Crippen MR) is 326 cm³/mol.